The molecule has 1 aromatic rings. The van der Waals surface area contributed by atoms with Crippen LogP contribution in [-0.4, -0.2) is 55.3 Å². The Hall–Kier alpha value is -2.10. The lowest BCUT2D eigenvalue weighted by atomic mass is 10.0. The van der Waals surface area contributed by atoms with Crippen molar-refractivity contribution in [3.05, 3.63) is 29.8 Å². The Morgan fingerprint density at radius 1 is 1.38 bits per heavy atom. The smallest absolute Gasteiger partial charge is 0.260 e. The van der Waals surface area contributed by atoms with E-state index in [1.54, 1.807) is 31.2 Å². The number of nitriles is 1. The summed E-state index contributed by atoms with van der Waals surface area (Å²) < 4.78 is 11.0. The van der Waals surface area contributed by atoms with Gasteiger partial charge in [0.05, 0.1) is 24.8 Å². The van der Waals surface area contributed by atoms with Crippen molar-refractivity contribution >= 4 is 5.91 Å². The first-order chi connectivity index (χ1) is 11.4. The Balaban J connectivity index is 1.83. The summed E-state index contributed by atoms with van der Waals surface area (Å²) in [6.45, 7) is 9.71. The van der Waals surface area contributed by atoms with E-state index in [9.17, 15) is 4.79 Å². The lowest BCUT2D eigenvalue weighted by Crippen LogP contribution is -2.56. The second-order valence-electron chi connectivity index (χ2n) is 6.53. The minimum atomic E-state index is -0.599. The van der Waals surface area contributed by atoms with Gasteiger partial charge in [0.1, 0.15) is 5.75 Å². The van der Waals surface area contributed by atoms with Gasteiger partial charge < -0.3 is 14.8 Å². The zero-order valence-electron chi connectivity index (χ0n) is 14.5. The first-order valence-electron chi connectivity index (χ1n) is 8.20. The molecular weight excluding hydrogens is 306 g/mol. The van der Waals surface area contributed by atoms with Crippen LogP contribution < -0.4 is 10.1 Å². The van der Waals surface area contributed by atoms with E-state index < -0.39 is 6.10 Å². The molecule has 0 unspecified atom stereocenters. The number of benzene rings is 1. The van der Waals surface area contributed by atoms with Crippen LogP contribution in [0.4, 0.5) is 0 Å². The zero-order valence-corrected chi connectivity index (χ0v) is 14.5. The Labute approximate surface area is 143 Å². The lowest BCUT2D eigenvalue weighted by Gasteiger charge is -2.41. The standard InChI is InChI=1S/C18H25N3O3/c1-14(24-16-6-4-15(12-19)5-7-16)17(22)20-13-18(2,3)21-8-10-23-11-9-21/h4-7,14H,8-11,13H2,1-3H3,(H,20,22)/t14-/m1/s1. The van der Waals surface area contributed by atoms with Gasteiger partial charge in [0.15, 0.2) is 6.10 Å². The van der Waals surface area contributed by atoms with Gasteiger partial charge in [-0.2, -0.15) is 5.26 Å². The van der Waals surface area contributed by atoms with E-state index in [2.05, 4.69) is 24.1 Å². The molecular formula is C18H25N3O3. The minimum absolute atomic E-state index is 0.131. The van der Waals surface area contributed by atoms with Crippen LogP contribution in [0.1, 0.15) is 26.3 Å². The quantitative estimate of drug-likeness (QED) is 0.856. The van der Waals surface area contributed by atoms with Gasteiger partial charge in [-0.05, 0) is 45.0 Å². The molecule has 6 heteroatoms. The van der Waals surface area contributed by atoms with E-state index in [4.69, 9.17) is 14.7 Å². The second kappa shape index (κ2) is 8.13. The SMILES string of the molecule is C[C@@H](Oc1ccc(C#N)cc1)C(=O)NCC(C)(C)N1CCOCC1. The van der Waals surface area contributed by atoms with Crippen molar-refractivity contribution in [2.45, 2.75) is 32.4 Å². The Morgan fingerprint density at radius 3 is 2.58 bits per heavy atom. The van der Waals surface area contributed by atoms with Gasteiger partial charge in [-0.1, -0.05) is 0 Å². The van der Waals surface area contributed by atoms with Gasteiger partial charge in [-0.15, -0.1) is 0 Å². The van der Waals surface area contributed by atoms with Crippen molar-refractivity contribution < 1.29 is 14.3 Å². The summed E-state index contributed by atoms with van der Waals surface area (Å²) in [5, 5.41) is 11.7. The number of rotatable bonds is 6. The second-order valence-corrected chi connectivity index (χ2v) is 6.53. The molecule has 1 fully saturated rings. The first-order valence-corrected chi connectivity index (χ1v) is 8.20. The Bertz CT molecular complexity index is 587. The molecule has 0 radical (unpaired) electrons. The van der Waals surface area contributed by atoms with Crippen LogP contribution in [0.5, 0.6) is 5.75 Å². The number of carbonyl (C=O) groups is 1. The topological polar surface area (TPSA) is 74.6 Å². The van der Waals surface area contributed by atoms with Crippen LogP contribution in [0, 0.1) is 11.3 Å². The third kappa shape index (κ3) is 4.95. The number of nitrogens with one attached hydrogen (secondary N) is 1. The minimum Gasteiger partial charge on any atom is -0.481 e. The van der Waals surface area contributed by atoms with E-state index >= 15 is 0 Å². The highest BCUT2D eigenvalue weighted by molar-refractivity contribution is 5.80. The number of nitrogens with zero attached hydrogens (tertiary/aromatic N) is 2. The summed E-state index contributed by atoms with van der Waals surface area (Å²) in [5.41, 5.74) is 0.430. The van der Waals surface area contributed by atoms with Crippen molar-refractivity contribution in [2.75, 3.05) is 32.8 Å². The first kappa shape index (κ1) is 18.2. The van der Waals surface area contributed by atoms with Gasteiger partial charge in [0.25, 0.3) is 5.91 Å². The van der Waals surface area contributed by atoms with Crippen molar-refractivity contribution in [2.24, 2.45) is 0 Å². The van der Waals surface area contributed by atoms with Crippen LogP contribution >= 0.6 is 0 Å². The molecule has 1 aromatic carbocycles. The lowest BCUT2D eigenvalue weighted by molar-refractivity contribution is -0.128. The van der Waals surface area contributed by atoms with Gasteiger partial charge in [0, 0.05) is 25.2 Å². The molecule has 1 aliphatic rings. The number of hydrogen-bond acceptors (Lipinski definition) is 5. The fraction of sp³-hybridized carbons (Fsp3) is 0.556. The van der Waals surface area contributed by atoms with Gasteiger partial charge in [-0.3, -0.25) is 9.69 Å². The molecule has 6 nitrogen and oxygen atoms in total. The van der Waals surface area contributed by atoms with E-state index in [0.29, 0.717) is 17.9 Å². The van der Waals surface area contributed by atoms with Crippen LogP contribution in [0.3, 0.4) is 0 Å². The van der Waals surface area contributed by atoms with Crippen LogP contribution in [-0.2, 0) is 9.53 Å². The largest absolute Gasteiger partial charge is 0.481 e. The maximum Gasteiger partial charge on any atom is 0.260 e. The summed E-state index contributed by atoms with van der Waals surface area (Å²) in [6.07, 6.45) is -0.599. The molecule has 0 saturated carbocycles. The molecule has 0 aliphatic carbocycles. The number of morpholine rings is 1. The van der Waals surface area contributed by atoms with Gasteiger partial charge >= 0.3 is 0 Å². The monoisotopic (exact) mass is 331 g/mol. The van der Waals surface area contributed by atoms with Crippen molar-refractivity contribution in [3.8, 4) is 11.8 Å². The predicted octanol–water partition coefficient (Wildman–Crippen LogP) is 1.55. The van der Waals surface area contributed by atoms with E-state index in [1.807, 2.05) is 6.07 Å². The summed E-state index contributed by atoms with van der Waals surface area (Å²) in [6, 6.07) is 8.78. The average molecular weight is 331 g/mol. The molecule has 1 saturated heterocycles. The molecule has 2 rings (SSSR count). The highest BCUT2D eigenvalue weighted by atomic mass is 16.5. The van der Waals surface area contributed by atoms with Crippen molar-refractivity contribution in [1.29, 1.82) is 5.26 Å². The number of amides is 1. The summed E-state index contributed by atoms with van der Waals surface area (Å²) in [7, 11) is 0. The molecule has 1 amide bonds. The molecule has 1 atom stereocenters. The summed E-state index contributed by atoms with van der Waals surface area (Å²) in [5.74, 6) is 0.421. The predicted molar refractivity (Wildman–Crippen MR) is 90.7 cm³/mol. The van der Waals surface area contributed by atoms with E-state index in [0.717, 1.165) is 26.3 Å². The summed E-state index contributed by atoms with van der Waals surface area (Å²) >= 11 is 0. The maximum atomic E-state index is 12.3. The normalized spacial score (nSPS) is 16.9. The highest BCUT2D eigenvalue weighted by Gasteiger charge is 2.29. The number of ether oxygens (including phenoxy) is 2. The fourth-order valence-electron chi connectivity index (χ4n) is 2.59. The molecule has 0 aromatic heterocycles. The molecule has 1 N–H and O–H groups in total. The van der Waals surface area contributed by atoms with Crippen LogP contribution in [0.15, 0.2) is 24.3 Å². The molecule has 1 heterocycles. The third-order valence-electron chi connectivity index (χ3n) is 4.23. The van der Waals surface area contributed by atoms with Crippen molar-refractivity contribution in [1.82, 2.24) is 10.2 Å². The zero-order chi connectivity index (χ0) is 17.6. The van der Waals surface area contributed by atoms with E-state index in [-0.39, 0.29) is 11.4 Å². The van der Waals surface area contributed by atoms with Gasteiger partial charge in [-0.25, -0.2) is 0 Å². The van der Waals surface area contributed by atoms with E-state index in [1.165, 1.54) is 0 Å². The van der Waals surface area contributed by atoms with Crippen LogP contribution in [0.2, 0.25) is 0 Å². The molecule has 0 spiro atoms. The molecule has 0 bridgehead atoms. The van der Waals surface area contributed by atoms with Crippen molar-refractivity contribution in [3.63, 3.8) is 0 Å². The van der Waals surface area contributed by atoms with Gasteiger partial charge in [0.2, 0.25) is 0 Å². The Morgan fingerprint density at radius 2 is 2.00 bits per heavy atom. The average Bonchev–Trinajstić information content (AvgIpc) is 2.61. The number of hydrogen-bond donors (Lipinski definition) is 1. The molecule has 130 valence electrons. The third-order valence-corrected chi connectivity index (χ3v) is 4.23. The Kier molecular flexibility index (Phi) is 6.18. The maximum absolute atomic E-state index is 12.3. The molecule has 24 heavy (non-hydrogen) atoms. The molecule has 1 aliphatic heterocycles. The summed E-state index contributed by atoms with van der Waals surface area (Å²) in [4.78, 5) is 14.6. The highest BCUT2D eigenvalue weighted by Crippen LogP contribution is 2.16. The fourth-order valence-corrected chi connectivity index (χ4v) is 2.59. The number of carbonyl (C=O) groups excluding carboxylic acids is 1. The van der Waals surface area contributed by atoms with Crippen LogP contribution in [0.25, 0.3) is 0 Å².